The van der Waals surface area contributed by atoms with E-state index in [0.717, 1.165) is 0 Å². The van der Waals surface area contributed by atoms with Crippen molar-refractivity contribution in [3.8, 4) is 0 Å². The van der Waals surface area contributed by atoms with E-state index in [0.29, 0.717) is 6.04 Å². The molecule has 0 saturated carbocycles. The van der Waals surface area contributed by atoms with Gasteiger partial charge in [0, 0.05) is 29.2 Å². The average Bonchev–Trinajstić information content (AvgIpc) is 2.56. The summed E-state index contributed by atoms with van der Waals surface area (Å²) in [5.74, 6) is 0. The van der Waals surface area contributed by atoms with Gasteiger partial charge < -0.3 is 9.88 Å². The Bertz CT molecular complexity index is 611. The first-order valence-corrected chi connectivity index (χ1v) is 7.19. The van der Waals surface area contributed by atoms with Crippen LogP contribution in [0.3, 0.4) is 0 Å². The lowest BCUT2D eigenvalue weighted by Crippen LogP contribution is -2.24. The summed E-state index contributed by atoms with van der Waals surface area (Å²) >= 11 is 0. The molecule has 19 heavy (non-hydrogen) atoms. The number of rotatable bonds is 0. The van der Waals surface area contributed by atoms with Crippen LogP contribution in [0.5, 0.6) is 0 Å². The van der Waals surface area contributed by atoms with Crippen LogP contribution >= 0.6 is 12.4 Å². The molecule has 1 aromatic heterocycles. The van der Waals surface area contributed by atoms with Crippen molar-refractivity contribution in [2.75, 3.05) is 6.54 Å². The maximum absolute atomic E-state index is 3.73. The van der Waals surface area contributed by atoms with Crippen LogP contribution in [0.15, 0.2) is 18.2 Å². The Morgan fingerprint density at radius 2 is 2.16 bits per heavy atom. The first-order chi connectivity index (χ1) is 8.84. The summed E-state index contributed by atoms with van der Waals surface area (Å²) in [6.07, 6.45) is 5.15. The minimum atomic E-state index is 0. The SMILES string of the molecule is Cc1ccc2c(c1)c1c3n2CCCNC3CCC1.Cl. The highest BCUT2D eigenvalue weighted by Crippen LogP contribution is 2.38. The lowest BCUT2D eigenvalue weighted by molar-refractivity contribution is 0.465. The molecule has 2 aliphatic rings. The minimum absolute atomic E-state index is 0. The monoisotopic (exact) mass is 276 g/mol. The third-order valence-corrected chi connectivity index (χ3v) is 4.57. The number of benzene rings is 1. The quantitative estimate of drug-likeness (QED) is 0.776. The summed E-state index contributed by atoms with van der Waals surface area (Å²) in [4.78, 5) is 0. The van der Waals surface area contributed by atoms with Crippen molar-refractivity contribution in [1.82, 2.24) is 9.88 Å². The van der Waals surface area contributed by atoms with Crippen molar-refractivity contribution >= 4 is 23.3 Å². The summed E-state index contributed by atoms with van der Waals surface area (Å²) < 4.78 is 2.59. The Hall–Kier alpha value is -0.990. The van der Waals surface area contributed by atoms with Gasteiger partial charge in [0.2, 0.25) is 0 Å². The van der Waals surface area contributed by atoms with Crippen LogP contribution < -0.4 is 5.32 Å². The zero-order chi connectivity index (χ0) is 12.1. The summed E-state index contributed by atoms with van der Waals surface area (Å²) in [5.41, 5.74) is 6.06. The third-order valence-electron chi connectivity index (χ3n) is 4.57. The number of halogens is 1. The van der Waals surface area contributed by atoms with E-state index in [9.17, 15) is 0 Å². The second kappa shape index (κ2) is 4.84. The second-order valence-electron chi connectivity index (χ2n) is 5.79. The van der Waals surface area contributed by atoms with Gasteiger partial charge in [-0.15, -0.1) is 12.4 Å². The van der Waals surface area contributed by atoms with E-state index in [2.05, 4.69) is 35.0 Å². The Balaban J connectivity index is 0.00000110. The Labute approximate surface area is 120 Å². The molecule has 1 aliphatic carbocycles. The summed E-state index contributed by atoms with van der Waals surface area (Å²) in [7, 11) is 0. The van der Waals surface area contributed by atoms with Gasteiger partial charge in [-0.1, -0.05) is 11.6 Å². The fourth-order valence-electron chi connectivity index (χ4n) is 3.79. The highest BCUT2D eigenvalue weighted by atomic mass is 35.5. The number of aryl methyl sites for hydroxylation is 3. The molecule has 3 heteroatoms. The number of hydrogen-bond donors (Lipinski definition) is 1. The van der Waals surface area contributed by atoms with E-state index < -0.39 is 0 Å². The maximum atomic E-state index is 3.73. The molecule has 2 heterocycles. The van der Waals surface area contributed by atoms with Crippen LogP contribution in [0.2, 0.25) is 0 Å². The molecule has 1 atom stereocenters. The van der Waals surface area contributed by atoms with E-state index in [1.807, 2.05) is 0 Å². The molecule has 1 aliphatic heterocycles. The highest BCUT2D eigenvalue weighted by molar-refractivity contribution is 5.87. The summed E-state index contributed by atoms with van der Waals surface area (Å²) in [6.45, 7) is 4.55. The Morgan fingerprint density at radius 3 is 3.05 bits per heavy atom. The molecule has 0 radical (unpaired) electrons. The number of fused-ring (bicyclic) bond motifs is 3. The van der Waals surface area contributed by atoms with E-state index in [4.69, 9.17) is 0 Å². The third kappa shape index (κ3) is 1.89. The molecule has 4 rings (SSSR count). The van der Waals surface area contributed by atoms with Gasteiger partial charge in [0.05, 0.1) is 0 Å². The lowest BCUT2D eigenvalue weighted by atomic mass is 9.91. The molecular weight excluding hydrogens is 256 g/mol. The number of hydrogen-bond acceptors (Lipinski definition) is 1. The molecule has 2 nitrogen and oxygen atoms in total. The lowest BCUT2D eigenvalue weighted by Gasteiger charge is -2.24. The van der Waals surface area contributed by atoms with Gasteiger partial charge in [-0.2, -0.15) is 0 Å². The molecule has 1 N–H and O–H groups in total. The highest BCUT2D eigenvalue weighted by Gasteiger charge is 2.28. The predicted molar refractivity (Wildman–Crippen MR) is 82.2 cm³/mol. The standard InChI is InChI=1S/C16H20N2.ClH/c1-11-6-7-15-13(10-11)12-4-2-5-14-16(12)18(15)9-3-8-17-14;/h6-7,10,14,17H,2-5,8-9H2,1H3;1H. The van der Waals surface area contributed by atoms with Crippen molar-refractivity contribution in [2.24, 2.45) is 0 Å². The molecule has 2 aromatic rings. The minimum Gasteiger partial charge on any atom is -0.343 e. The largest absolute Gasteiger partial charge is 0.343 e. The molecular formula is C16H21ClN2. The van der Waals surface area contributed by atoms with Crippen molar-refractivity contribution < 1.29 is 0 Å². The first kappa shape index (κ1) is 13.0. The topological polar surface area (TPSA) is 17.0 Å². The second-order valence-corrected chi connectivity index (χ2v) is 5.79. The number of aromatic nitrogens is 1. The zero-order valence-electron chi connectivity index (χ0n) is 11.4. The molecule has 102 valence electrons. The molecule has 0 saturated heterocycles. The van der Waals surface area contributed by atoms with Crippen LogP contribution in [-0.2, 0) is 13.0 Å². The summed E-state index contributed by atoms with van der Waals surface area (Å²) in [5, 5.41) is 5.25. The fraction of sp³-hybridized carbons (Fsp3) is 0.500. The maximum Gasteiger partial charge on any atom is 0.0486 e. The summed E-state index contributed by atoms with van der Waals surface area (Å²) in [6, 6.07) is 7.56. The van der Waals surface area contributed by atoms with Crippen molar-refractivity contribution in [2.45, 2.75) is 45.2 Å². The zero-order valence-corrected chi connectivity index (χ0v) is 12.2. The van der Waals surface area contributed by atoms with Gasteiger partial charge >= 0.3 is 0 Å². The van der Waals surface area contributed by atoms with Crippen LogP contribution in [0.1, 0.15) is 42.1 Å². The Morgan fingerprint density at radius 1 is 1.26 bits per heavy atom. The molecule has 0 spiro atoms. The number of nitrogens with zero attached hydrogens (tertiary/aromatic N) is 1. The van der Waals surface area contributed by atoms with E-state index in [1.165, 1.54) is 55.2 Å². The Kier molecular flexibility index (Phi) is 3.32. The smallest absolute Gasteiger partial charge is 0.0486 e. The number of nitrogens with one attached hydrogen (secondary N) is 1. The predicted octanol–water partition coefficient (Wildman–Crippen LogP) is 3.74. The van der Waals surface area contributed by atoms with Gasteiger partial charge in [-0.3, -0.25) is 0 Å². The van der Waals surface area contributed by atoms with Crippen molar-refractivity contribution in [1.29, 1.82) is 0 Å². The first-order valence-electron chi connectivity index (χ1n) is 7.19. The van der Waals surface area contributed by atoms with Crippen molar-refractivity contribution in [3.05, 3.63) is 35.0 Å². The van der Waals surface area contributed by atoms with E-state index >= 15 is 0 Å². The molecule has 0 fully saturated rings. The van der Waals surface area contributed by atoms with E-state index in [-0.39, 0.29) is 12.4 Å². The van der Waals surface area contributed by atoms with Crippen LogP contribution in [0, 0.1) is 6.92 Å². The fourth-order valence-corrected chi connectivity index (χ4v) is 3.79. The normalized spacial score (nSPS) is 21.6. The van der Waals surface area contributed by atoms with Crippen LogP contribution in [-0.4, -0.2) is 11.1 Å². The van der Waals surface area contributed by atoms with Gasteiger partial charge in [-0.25, -0.2) is 0 Å². The average molecular weight is 277 g/mol. The molecule has 0 bridgehead atoms. The van der Waals surface area contributed by atoms with E-state index in [1.54, 1.807) is 11.3 Å². The van der Waals surface area contributed by atoms with Crippen LogP contribution in [0.25, 0.3) is 10.9 Å². The molecule has 1 unspecified atom stereocenters. The molecule has 0 amide bonds. The molecule has 1 aromatic carbocycles. The van der Waals surface area contributed by atoms with Crippen LogP contribution in [0.4, 0.5) is 0 Å². The van der Waals surface area contributed by atoms with Gasteiger partial charge in [0.15, 0.2) is 0 Å². The van der Waals surface area contributed by atoms with Gasteiger partial charge in [0.25, 0.3) is 0 Å². The van der Waals surface area contributed by atoms with Gasteiger partial charge in [-0.05, 0) is 56.8 Å². The van der Waals surface area contributed by atoms with Gasteiger partial charge in [0.1, 0.15) is 0 Å². The van der Waals surface area contributed by atoms with Crippen molar-refractivity contribution in [3.63, 3.8) is 0 Å².